The predicted molar refractivity (Wildman–Crippen MR) is 241 cm³/mol. The van der Waals surface area contributed by atoms with Crippen molar-refractivity contribution >= 4 is 84.4 Å². The fourth-order valence-corrected chi connectivity index (χ4v) is 6.19. The van der Waals surface area contributed by atoms with Gasteiger partial charge >= 0.3 is 29.8 Å². The Kier molecular flexibility index (Phi) is 17.0. The van der Waals surface area contributed by atoms with Gasteiger partial charge in [-0.1, -0.05) is 150 Å². The average molecular weight is 992 g/mol. The van der Waals surface area contributed by atoms with Crippen LogP contribution in [0.15, 0.2) is 152 Å². The number of carboxylic acids is 5. The topological polar surface area (TPSA) is 366 Å². The molecule has 0 unspecified atom stereocenters. The van der Waals surface area contributed by atoms with Crippen molar-refractivity contribution in [2.24, 2.45) is 0 Å². The van der Waals surface area contributed by atoms with E-state index in [4.69, 9.17) is 25.5 Å². The molecule has 71 heavy (non-hydrogen) atoms. The van der Waals surface area contributed by atoms with Crippen molar-refractivity contribution in [3.8, 4) is 28.7 Å². The molecule has 0 fully saturated rings. The van der Waals surface area contributed by atoms with Gasteiger partial charge in [-0.05, 0) is 57.3 Å². The Morgan fingerprint density at radius 1 is 0.268 bits per heavy atom. The number of benzene rings is 5. The van der Waals surface area contributed by atoms with Crippen molar-refractivity contribution < 1.29 is 93.6 Å². The van der Waals surface area contributed by atoms with Crippen LogP contribution in [-0.4, -0.2) is 80.3 Å². The number of carboxylic acid groups (broad SMARTS) is 5. The van der Waals surface area contributed by atoms with E-state index in [1.54, 1.807) is 91.0 Å². The van der Waals surface area contributed by atoms with Gasteiger partial charge in [0.05, 0.1) is 27.6 Å². The largest absolute Gasteiger partial charge is 0.871 e. The van der Waals surface area contributed by atoms with Crippen LogP contribution in [0.3, 0.4) is 0 Å². The van der Waals surface area contributed by atoms with E-state index in [9.17, 15) is 49.5 Å². The van der Waals surface area contributed by atoms with Gasteiger partial charge in [-0.15, -0.1) is 0 Å². The summed E-state index contributed by atoms with van der Waals surface area (Å²) in [6, 6.07) is 38.3. The van der Waals surface area contributed by atoms with E-state index >= 15 is 0 Å². The zero-order valence-corrected chi connectivity index (χ0v) is 37.3. The molecule has 20 nitrogen and oxygen atoms in total. The predicted octanol–water partition coefficient (Wildman–Crippen LogP) is 5.03. The van der Waals surface area contributed by atoms with Gasteiger partial charge in [0.15, 0.2) is 0 Å². The maximum atomic E-state index is 11.3. The third kappa shape index (κ3) is 13.0. The smallest absolute Gasteiger partial charge is 0.354 e. The van der Waals surface area contributed by atoms with Gasteiger partial charge in [0.1, 0.15) is 28.5 Å². The maximum absolute atomic E-state index is 11.3. The molecular weight excluding hydrogens is 962 g/mol. The quantitative estimate of drug-likeness (QED) is 0.151. The van der Waals surface area contributed by atoms with E-state index in [0.717, 1.165) is 0 Å². The molecule has 0 aliphatic heterocycles. The number of carbonyl (C=O) groups is 5. The van der Waals surface area contributed by atoms with E-state index in [2.05, 4.69) is 24.9 Å². The first-order valence-electron chi connectivity index (χ1n) is 19.9. The first-order chi connectivity index (χ1) is 33.4. The zero-order valence-electron chi connectivity index (χ0n) is 35.9. The van der Waals surface area contributed by atoms with Crippen molar-refractivity contribution in [1.82, 2.24) is 24.9 Å². The van der Waals surface area contributed by atoms with Crippen LogP contribution >= 0.6 is 0 Å². The second kappa shape index (κ2) is 23.2. The van der Waals surface area contributed by atoms with Crippen LogP contribution in [0.1, 0.15) is 52.4 Å². The third-order valence-corrected chi connectivity index (χ3v) is 9.51. The molecule has 5 aromatic carbocycles. The van der Waals surface area contributed by atoms with Gasteiger partial charge < -0.3 is 51.1 Å². The van der Waals surface area contributed by atoms with Gasteiger partial charge in [0.25, 0.3) is 0 Å². The summed E-state index contributed by atoms with van der Waals surface area (Å²) in [5.74, 6) is -6.94. The fourth-order valence-electron chi connectivity index (χ4n) is 6.19. The Morgan fingerprint density at radius 2 is 0.423 bits per heavy atom. The normalized spacial score (nSPS) is 10.1. The number of aromatic nitrogens is 5. The molecule has 0 aliphatic carbocycles. The molecule has 0 amide bonds. The summed E-state index contributed by atoms with van der Waals surface area (Å²) in [5, 5.41) is 103. The second-order valence-corrected chi connectivity index (χ2v) is 14.1. The van der Waals surface area contributed by atoms with Gasteiger partial charge in [0, 0.05) is 18.6 Å². The van der Waals surface area contributed by atoms with Crippen LogP contribution in [0, 0.1) is 0 Å². The molecule has 1 radical (unpaired) electrons. The van der Waals surface area contributed by atoms with Crippen molar-refractivity contribution in [1.29, 1.82) is 0 Å². The molecular formula is C50H30N5O15V-5. The molecule has 0 bridgehead atoms. The summed E-state index contributed by atoms with van der Waals surface area (Å²) in [5.41, 5.74) is 0.455. The summed E-state index contributed by atoms with van der Waals surface area (Å²) in [7, 11) is 0. The van der Waals surface area contributed by atoms with E-state index in [0.29, 0.717) is 26.9 Å². The van der Waals surface area contributed by atoms with Crippen LogP contribution in [0.4, 0.5) is 0 Å². The second-order valence-electron chi connectivity index (χ2n) is 14.1. The van der Waals surface area contributed by atoms with Crippen molar-refractivity contribution in [3.05, 3.63) is 180 Å². The van der Waals surface area contributed by atoms with Crippen LogP contribution < -0.4 is 25.5 Å². The monoisotopic (exact) mass is 991 g/mol. The molecule has 355 valence electrons. The number of rotatable bonds is 5. The first kappa shape index (κ1) is 52.1. The van der Waals surface area contributed by atoms with Gasteiger partial charge in [0.2, 0.25) is 0 Å². The number of para-hydroxylation sites is 5. The molecule has 0 saturated carbocycles. The summed E-state index contributed by atoms with van der Waals surface area (Å²) in [6.45, 7) is 0. The molecule has 0 atom stereocenters. The molecule has 0 spiro atoms. The minimum atomic E-state index is -1.13. The molecule has 5 N–H and O–H groups in total. The van der Waals surface area contributed by atoms with Crippen LogP contribution in [0.2, 0.25) is 0 Å². The molecule has 5 heterocycles. The van der Waals surface area contributed by atoms with Crippen LogP contribution in [0.25, 0.3) is 54.5 Å². The Hall–Kier alpha value is -9.92. The number of pyridine rings is 5. The van der Waals surface area contributed by atoms with Crippen LogP contribution in [-0.2, 0) is 18.6 Å². The summed E-state index contributed by atoms with van der Waals surface area (Å²) >= 11 is 0. The Bertz CT molecular complexity index is 3100. The van der Waals surface area contributed by atoms with E-state index in [-0.39, 0.29) is 103 Å². The number of nitrogens with zero attached hydrogens (tertiary/aromatic N) is 5. The zero-order chi connectivity index (χ0) is 50.6. The number of hydrogen-bond acceptors (Lipinski definition) is 15. The molecule has 21 heteroatoms. The minimum Gasteiger partial charge on any atom is -0.871 e. The van der Waals surface area contributed by atoms with E-state index in [1.165, 1.54) is 60.7 Å². The summed E-state index contributed by atoms with van der Waals surface area (Å²) < 4.78 is 0. The van der Waals surface area contributed by atoms with Crippen molar-refractivity contribution in [2.45, 2.75) is 0 Å². The number of fused-ring (bicyclic) bond motifs is 5. The maximum Gasteiger partial charge on any atom is 0.354 e. The van der Waals surface area contributed by atoms with Gasteiger partial charge in [-0.3, -0.25) is 0 Å². The fraction of sp³-hybridized carbons (Fsp3) is 0. The Labute approximate surface area is 410 Å². The SMILES string of the molecule is O=C(O)c1ccc2cccc([O-])c2n1.O=C(O)c1ccc2cccc([O-])c2n1.O=C(O)c1ccc2cccc([O-])c2n1.O=C(O)c1ccc2cccc([O-])c2n1.O=C(O)c1ccc2cccc([O-])c2n1.[V]. The van der Waals surface area contributed by atoms with E-state index in [1.807, 2.05) is 0 Å². The average Bonchev–Trinajstić information content (AvgIpc) is 3.35. The standard InChI is InChI=1S/5C10H7NO3.V/c5*12-8-3-1-2-6-4-5-7(10(13)14)11-9(6)8;/h5*1-5,12H,(H,13,14);/p-5. The Morgan fingerprint density at radius 3 is 0.563 bits per heavy atom. The molecule has 0 saturated heterocycles. The minimum absolute atomic E-state index is 0. The molecule has 10 aromatic rings. The third-order valence-electron chi connectivity index (χ3n) is 9.51. The Balaban J connectivity index is 0.000000164. The molecule has 0 aliphatic rings. The van der Waals surface area contributed by atoms with Gasteiger partial charge in [-0.2, -0.15) is 0 Å². The molecule has 5 aromatic heterocycles. The summed E-state index contributed by atoms with van der Waals surface area (Å²) in [6.07, 6.45) is 0. The van der Waals surface area contributed by atoms with Crippen LogP contribution in [0.5, 0.6) is 28.7 Å². The number of aromatic carboxylic acids is 5. The van der Waals surface area contributed by atoms with Gasteiger partial charge in [-0.25, -0.2) is 48.9 Å². The first-order valence-corrected chi connectivity index (χ1v) is 19.9. The molecule has 10 rings (SSSR count). The van der Waals surface area contributed by atoms with E-state index < -0.39 is 29.8 Å². The number of hydrogen-bond donors (Lipinski definition) is 5. The van der Waals surface area contributed by atoms with Crippen molar-refractivity contribution in [2.75, 3.05) is 0 Å². The summed E-state index contributed by atoms with van der Waals surface area (Å²) in [4.78, 5) is 71.8. The van der Waals surface area contributed by atoms with Crippen molar-refractivity contribution in [3.63, 3.8) is 0 Å².